The normalized spacial score (nSPS) is 28.2. The van der Waals surface area contributed by atoms with E-state index in [4.69, 9.17) is 0 Å². The maximum absolute atomic E-state index is 11.8. The fourth-order valence-corrected chi connectivity index (χ4v) is 3.74. The number of carbonyl (C=O) groups is 1. The van der Waals surface area contributed by atoms with Crippen LogP contribution in [-0.4, -0.2) is 31.8 Å². The molecule has 5 nitrogen and oxygen atoms in total. The van der Waals surface area contributed by atoms with Crippen LogP contribution in [0.5, 0.6) is 0 Å². The molecule has 0 radical (unpaired) electrons. The van der Waals surface area contributed by atoms with E-state index < -0.39 is 21.4 Å². The van der Waals surface area contributed by atoms with Gasteiger partial charge in [-0.15, -0.1) is 0 Å². The molecule has 0 aromatic carbocycles. The molecule has 1 aliphatic rings. The number of nitrogens with one attached hydrogen (secondary N) is 1. The van der Waals surface area contributed by atoms with Gasteiger partial charge in [-0.05, 0) is 38.0 Å². The first-order valence-corrected chi connectivity index (χ1v) is 8.67. The minimum Gasteiger partial charge on any atom is -0.481 e. The summed E-state index contributed by atoms with van der Waals surface area (Å²) in [4.78, 5) is 11.5. The maximum Gasteiger partial charge on any atom is 0.310 e. The summed E-state index contributed by atoms with van der Waals surface area (Å²) in [6.45, 7) is 4.06. The Bertz CT molecular complexity index is 397. The Kier molecular flexibility index (Phi) is 5.80. The average molecular weight is 291 g/mol. The summed E-state index contributed by atoms with van der Waals surface area (Å²) in [5.74, 6) is -0.267. The van der Waals surface area contributed by atoms with Crippen LogP contribution in [0.25, 0.3) is 0 Å². The molecule has 2 N–H and O–H groups in total. The van der Waals surface area contributed by atoms with Crippen LogP contribution in [0.2, 0.25) is 0 Å². The van der Waals surface area contributed by atoms with Crippen molar-refractivity contribution in [2.24, 2.45) is 11.3 Å². The van der Waals surface area contributed by atoms with Crippen LogP contribution in [0, 0.1) is 11.3 Å². The predicted octanol–water partition coefficient (Wildman–Crippen LogP) is 1.99. The van der Waals surface area contributed by atoms with Gasteiger partial charge in [0.2, 0.25) is 10.0 Å². The molecule has 6 heteroatoms. The minimum absolute atomic E-state index is 0.0289. The van der Waals surface area contributed by atoms with Gasteiger partial charge in [0.1, 0.15) is 0 Å². The monoisotopic (exact) mass is 291 g/mol. The van der Waals surface area contributed by atoms with Gasteiger partial charge in [0.05, 0.1) is 11.2 Å². The standard InChI is InChI=1S/C13H25NO4S/c1-3-4-9-19(17,18)14-10-13(12(15)16)7-5-11(2)6-8-13/h11,14H,3-10H2,1-2H3,(H,15,16). The quantitative estimate of drug-likeness (QED) is 0.751. The molecule has 0 spiro atoms. The van der Waals surface area contributed by atoms with E-state index in [1.165, 1.54) is 0 Å². The molecule has 0 aromatic heterocycles. The molecule has 1 saturated carbocycles. The Morgan fingerprint density at radius 2 is 1.95 bits per heavy atom. The molecule has 0 unspecified atom stereocenters. The minimum atomic E-state index is -3.34. The lowest BCUT2D eigenvalue weighted by Gasteiger charge is -2.35. The molecule has 0 bridgehead atoms. The van der Waals surface area contributed by atoms with Gasteiger partial charge in [0, 0.05) is 6.54 Å². The Morgan fingerprint density at radius 1 is 1.37 bits per heavy atom. The molecule has 0 heterocycles. The Labute approximate surface area is 115 Å². The molecule has 1 fully saturated rings. The number of carboxylic acids is 1. The number of sulfonamides is 1. The number of rotatable bonds is 7. The predicted molar refractivity (Wildman–Crippen MR) is 74.4 cm³/mol. The third kappa shape index (κ3) is 4.76. The number of unbranched alkanes of at least 4 members (excludes halogenated alkanes) is 1. The molecule has 0 amide bonds. The van der Waals surface area contributed by atoms with Crippen molar-refractivity contribution in [3.8, 4) is 0 Å². The van der Waals surface area contributed by atoms with Crippen molar-refractivity contribution in [3.05, 3.63) is 0 Å². The SMILES string of the molecule is CCCCS(=O)(=O)NCC1(C(=O)O)CCC(C)CC1. The number of hydrogen-bond donors (Lipinski definition) is 2. The second-order valence-electron chi connectivity index (χ2n) is 5.76. The van der Waals surface area contributed by atoms with Crippen molar-refractivity contribution in [3.63, 3.8) is 0 Å². The second-order valence-corrected chi connectivity index (χ2v) is 7.69. The van der Waals surface area contributed by atoms with E-state index in [0.717, 1.165) is 19.3 Å². The fourth-order valence-electron chi connectivity index (χ4n) is 2.44. The number of carboxylic acid groups (broad SMARTS) is 1. The molecule has 0 atom stereocenters. The van der Waals surface area contributed by atoms with Crippen molar-refractivity contribution in [1.29, 1.82) is 0 Å². The maximum atomic E-state index is 11.8. The van der Waals surface area contributed by atoms with Crippen molar-refractivity contribution in [2.45, 2.75) is 52.4 Å². The van der Waals surface area contributed by atoms with E-state index in [9.17, 15) is 18.3 Å². The van der Waals surface area contributed by atoms with Crippen LogP contribution < -0.4 is 4.72 Å². The van der Waals surface area contributed by atoms with Crippen molar-refractivity contribution >= 4 is 16.0 Å². The molecule has 0 saturated heterocycles. The van der Waals surface area contributed by atoms with Crippen LogP contribution in [0.4, 0.5) is 0 Å². The van der Waals surface area contributed by atoms with Gasteiger partial charge in [-0.3, -0.25) is 4.79 Å². The van der Waals surface area contributed by atoms with Gasteiger partial charge < -0.3 is 5.11 Å². The highest BCUT2D eigenvalue weighted by Crippen LogP contribution is 2.38. The zero-order valence-corrected chi connectivity index (χ0v) is 12.6. The summed E-state index contributed by atoms with van der Waals surface area (Å²) < 4.78 is 26.0. The van der Waals surface area contributed by atoms with Crippen LogP contribution >= 0.6 is 0 Å². The van der Waals surface area contributed by atoms with Gasteiger partial charge in [-0.2, -0.15) is 0 Å². The van der Waals surface area contributed by atoms with E-state index in [1.807, 2.05) is 6.92 Å². The van der Waals surface area contributed by atoms with E-state index in [2.05, 4.69) is 11.6 Å². The molecule has 19 heavy (non-hydrogen) atoms. The first-order chi connectivity index (χ1) is 8.81. The summed E-state index contributed by atoms with van der Waals surface area (Å²) >= 11 is 0. The molecular formula is C13H25NO4S. The van der Waals surface area contributed by atoms with E-state index in [-0.39, 0.29) is 12.3 Å². The van der Waals surface area contributed by atoms with E-state index >= 15 is 0 Å². The van der Waals surface area contributed by atoms with Crippen LogP contribution in [0.15, 0.2) is 0 Å². The molecule has 0 aliphatic heterocycles. The topological polar surface area (TPSA) is 83.5 Å². The van der Waals surface area contributed by atoms with Crippen molar-refractivity contribution in [2.75, 3.05) is 12.3 Å². The Hall–Kier alpha value is -0.620. The summed E-state index contributed by atoms with van der Waals surface area (Å²) in [7, 11) is -3.34. The molecule has 0 aromatic rings. The summed E-state index contributed by atoms with van der Waals surface area (Å²) in [6.07, 6.45) is 4.22. The van der Waals surface area contributed by atoms with Crippen LogP contribution in [0.1, 0.15) is 52.4 Å². The zero-order chi connectivity index (χ0) is 14.5. The Morgan fingerprint density at radius 3 is 2.42 bits per heavy atom. The van der Waals surface area contributed by atoms with Gasteiger partial charge in [0.15, 0.2) is 0 Å². The highest BCUT2D eigenvalue weighted by Gasteiger charge is 2.41. The molecule has 1 aliphatic carbocycles. The number of aliphatic carboxylic acids is 1. The van der Waals surface area contributed by atoms with Gasteiger partial charge in [-0.1, -0.05) is 20.3 Å². The highest BCUT2D eigenvalue weighted by atomic mass is 32.2. The zero-order valence-electron chi connectivity index (χ0n) is 11.8. The smallest absolute Gasteiger partial charge is 0.310 e. The summed E-state index contributed by atoms with van der Waals surface area (Å²) in [6, 6.07) is 0. The fraction of sp³-hybridized carbons (Fsp3) is 0.923. The second kappa shape index (κ2) is 6.70. The van der Waals surface area contributed by atoms with Crippen LogP contribution in [-0.2, 0) is 14.8 Å². The van der Waals surface area contributed by atoms with E-state index in [1.54, 1.807) is 0 Å². The first-order valence-electron chi connectivity index (χ1n) is 7.02. The summed E-state index contributed by atoms with van der Waals surface area (Å²) in [5.41, 5.74) is -0.911. The summed E-state index contributed by atoms with van der Waals surface area (Å²) in [5, 5.41) is 9.41. The molecule has 112 valence electrons. The van der Waals surface area contributed by atoms with Gasteiger partial charge in [0.25, 0.3) is 0 Å². The highest BCUT2D eigenvalue weighted by molar-refractivity contribution is 7.89. The largest absolute Gasteiger partial charge is 0.481 e. The lowest BCUT2D eigenvalue weighted by Crippen LogP contribution is -2.45. The first kappa shape index (κ1) is 16.4. The lowest BCUT2D eigenvalue weighted by molar-refractivity contribution is -0.151. The lowest BCUT2D eigenvalue weighted by atomic mass is 9.71. The van der Waals surface area contributed by atoms with Crippen molar-refractivity contribution < 1.29 is 18.3 Å². The van der Waals surface area contributed by atoms with Gasteiger partial charge in [-0.25, -0.2) is 13.1 Å². The number of hydrogen-bond acceptors (Lipinski definition) is 3. The molecule has 1 rings (SSSR count). The van der Waals surface area contributed by atoms with Crippen molar-refractivity contribution in [1.82, 2.24) is 4.72 Å². The van der Waals surface area contributed by atoms with E-state index in [0.29, 0.717) is 25.2 Å². The third-order valence-electron chi connectivity index (χ3n) is 4.08. The molecular weight excluding hydrogens is 266 g/mol. The van der Waals surface area contributed by atoms with Crippen LogP contribution in [0.3, 0.4) is 0 Å². The average Bonchev–Trinajstić information content (AvgIpc) is 2.36. The Balaban J connectivity index is 2.63. The third-order valence-corrected chi connectivity index (χ3v) is 5.49. The van der Waals surface area contributed by atoms with Gasteiger partial charge >= 0.3 is 5.97 Å².